The molecule has 26 heavy (non-hydrogen) atoms. The number of halogens is 2. The summed E-state index contributed by atoms with van der Waals surface area (Å²) < 4.78 is 35.0. The van der Waals surface area contributed by atoms with Gasteiger partial charge in [0.05, 0.1) is 16.6 Å². The van der Waals surface area contributed by atoms with Crippen LogP contribution in [-0.2, 0) is 11.3 Å². The summed E-state index contributed by atoms with van der Waals surface area (Å²) in [5, 5.41) is 0. The van der Waals surface area contributed by atoms with Crippen molar-refractivity contribution in [2.45, 2.75) is 46.9 Å². The van der Waals surface area contributed by atoms with Crippen molar-refractivity contribution < 1.29 is 18.3 Å². The Kier molecular flexibility index (Phi) is 4.80. The lowest BCUT2D eigenvalue weighted by atomic mass is 10.2. The summed E-state index contributed by atoms with van der Waals surface area (Å²) in [6, 6.07) is 8.57. The number of aromatic nitrogens is 3. The van der Waals surface area contributed by atoms with Crippen molar-refractivity contribution in [2.24, 2.45) is 0 Å². The quantitative estimate of drug-likeness (QED) is 0.614. The van der Waals surface area contributed by atoms with Crippen molar-refractivity contribution in [1.29, 1.82) is 0 Å². The number of esters is 1. The number of imidazole rings is 1. The summed E-state index contributed by atoms with van der Waals surface area (Å²) in [7, 11) is 0. The van der Waals surface area contributed by atoms with Gasteiger partial charge in [-0.2, -0.15) is 8.78 Å². The van der Waals surface area contributed by atoms with Crippen molar-refractivity contribution >= 4 is 17.0 Å². The predicted molar refractivity (Wildman–Crippen MR) is 94.4 cm³/mol. The molecule has 3 aromatic rings. The van der Waals surface area contributed by atoms with Crippen molar-refractivity contribution in [3.05, 3.63) is 53.1 Å². The number of hydrogen-bond acceptors (Lipinski definition) is 3. The first-order valence-electron chi connectivity index (χ1n) is 8.40. The van der Waals surface area contributed by atoms with E-state index in [4.69, 9.17) is 4.74 Å². The van der Waals surface area contributed by atoms with Gasteiger partial charge in [0, 0.05) is 17.4 Å². The topological polar surface area (TPSA) is 49.0 Å². The van der Waals surface area contributed by atoms with Crippen molar-refractivity contribution in [2.75, 3.05) is 0 Å². The second-order valence-corrected chi connectivity index (χ2v) is 6.49. The Labute approximate surface area is 150 Å². The van der Waals surface area contributed by atoms with Crippen LogP contribution < -0.4 is 0 Å². The Morgan fingerprint density at radius 1 is 1.19 bits per heavy atom. The maximum Gasteiger partial charge on any atom is 0.340 e. The van der Waals surface area contributed by atoms with Crippen molar-refractivity contribution in [3.63, 3.8) is 0 Å². The monoisotopic (exact) mass is 361 g/mol. The molecule has 138 valence electrons. The molecular formula is C19H21F2N3O2. The minimum atomic E-state index is -2.76. The highest BCUT2D eigenvalue weighted by atomic mass is 19.3. The fourth-order valence-electron chi connectivity index (χ4n) is 3.40. The number of carbonyl (C=O) groups excluding carboxylic acids is 1. The first kappa shape index (κ1) is 18.1. The highest BCUT2D eigenvalue weighted by Gasteiger charge is 2.21. The van der Waals surface area contributed by atoms with Gasteiger partial charge in [0.2, 0.25) is 0 Å². The Bertz CT molecular complexity index is 957. The van der Waals surface area contributed by atoms with Crippen LogP contribution in [0.2, 0.25) is 0 Å². The summed E-state index contributed by atoms with van der Waals surface area (Å²) in [6.07, 6.45) is 0. The fourth-order valence-corrected chi connectivity index (χ4v) is 3.40. The van der Waals surface area contributed by atoms with Crippen LogP contribution in [0.15, 0.2) is 30.3 Å². The molecule has 7 heteroatoms. The minimum Gasteiger partial charge on any atom is -0.454 e. The third-order valence-corrected chi connectivity index (χ3v) is 4.42. The molecule has 5 nitrogen and oxygen atoms in total. The van der Waals surface area contributed by atoms with E-state index in [0.29, 0.717) is 16.6 Å². The zero-order valence-electron chi connectivity index (χ0n) is 15.2. The molecule has 2 aromatic heterocycles. The summed E-state index contributed by atoms with van der Waals surface area (Å²) in [4.78, 5) is 16.6. The second-order valence-electron chi connectivity index (χ2n) is 6.49. The number of nitrogens with zero attached hydrogens (tertiary/aromatic N) is 3. The van der Waals surface area contributed by atoms with Gasteiger partial charge in [0.1, 0.15) is 6.61 Å². The molecule has 0 radical (unpaired) electrons. The number of hydrogen-bond donors (Lipinski definition) is 0. The smallest absolute Gasteiger partial charge is 0.340 e. The maximum absolute atomic E-state index is 13.4. The molecule has 0 atom stereocenters. The Hall–Kier alpha value is -2.70. The predicted octanol–water partition coefficient (Wildman–Crippen LogP) is 4.79. The van der Waals surface area contributed by atoms with Gasteiger partial charge in [-0.3, -0.25) is 4.57 Å². The van der Waals surface area contributed by atoms with E-state index in [9.17, 15) is 13.6 Å². The lowest BCUT2D eigenvalue weighted by molar-refractivity contribution is 0.0386. The Morgan fingerprint density at radius 3 is 2.50 bits per heavy atom. The highest BCUT2D eigenvalue weighted by molar-refractivity contribution is 5.91. The number of carbonyl (C=O) groups is 1. The number of benzene rings is 1. The molecule has 0 saturated carbocycles. The van der Waals surface area contributed by atoms with Gasteiger partial charge in [-0.05, 0) is 45.9 Å². The van der Waals surface area contributed by atoms with E-state index < -0.39 is 12.5 Å². The van der Waals surface area contributed by atoms with E-state index >= 15 is 0 Å². The standard InChI is InChI=1S/C19H21F2N3O2/c1-11(2)23-12(3)9-14(13(23)4)18(25)26-10-17-22-15-7-5-6-8-16(15)24(17)19(20)21/h5-9,11,19H,10H2,1-4H3. The summed E-state index contributed by atoms with van der Waals surface area (Å²) in [6.45, 7) is 4.74. The van der Waals surface area contributed by atoms with Gasteiger partial charge in [0.15, 0.2) is 5.82 Å². The van der Waals surface area contributed by atoms with Crippen LogP contribution in [0.3, 0.4) is 0 Å². The molecule has 1 aromatic carbocycles. The van der Waals surface area contributed by atoms with Crippen LogP contribution in [0, 0.1) is 13.8 Å². The largest absolute Gasteiger partial charge is 0.454 e. The van der Waals surface area contributed by atoms with Crippen LogP contribution >= 0.6 is 0 Å². The van der Waals surface area contributed by atoms with Gasteiger partial charge in [-0.25, -0.2) is 9.78 Å². The molecule has 0 spiro atoms. The number of para-hydroxylation sites is 2. The maximum atomic E-state index is 13.4. The van der Waals surface area contributed by atoms with Gasteiger partial charge in [-0.1, -0.05) is 12.1 Å². The molecule has 0 aliphatic carbocycles. The average molecular weight is 361 g/mol. The molecule has 0 aliphatic rings. The Balaban J connectivity index is 1.86. The molecule has 0 saturated heterocycles. The van der Waals surface area contributed by atoms with Crippen LogP contribution in [-0.4, -0.2) is 20.1 Å². The summed E-state index contributed by atoms with van der Waals surface area (Å²) in [5.41, 5.74) is 2.94. The van der Waals surface area contributed by atoms with Crippen LogP contribution in [0.5, 0.6) is 0 Å². The van der Waals surface area contributed by atoms with E-state index in [0.717, 1.165) is 16.0 Å². The van der Waals surface area contributed by atoms with E-state index in [1.165, 1.54) is 0 Å². The number of aryl methyl sites for hydroxylation is 1. The first-order chi connectivity index (χ1) is 12.3. The lowest BCUT2D eigenvalue weighted by Gasteiger charge is -2.13. The first-order valence-corrected chi connectivity index (χ1v) is 8.40. The van der Waals surface area contributed by atoms with E-state index in [1.54, 1.807) is 30.3 Å². The molecule has 3 rings (SSSR count). The molecule has 0 fully saturated rings. The van der Waals surface area contributed by atoms with E-state index in [1.807, 2.05) is 32.3 Å². The van der Waals surface area contributed by atoms with Crippen LogP contribution in [0.4, 0.5) is 8.78 Å². The molecule has 0 unspecified atom stereocenters. The highest BCUT2D eigenvalue weighted by Crippen LogP contribution is 2.25. The van der Waals surface area contributed by atoms with Crippen LogP contribution in [0.1, 0.15) is 54.0 Å². The van der Waals surface area contributed by atoms with Gasteiger partial charge in [-0.15, -0.1) is 0 Å². The fraction of sp³-hybridized carbons (Fsp3) is 0.368. The molecular weight excluding hydrogens is 340 g/mol. The number of rotatable bonds is 5. The van der Waals surface area contributed by atoms with Gasteiger partial charge >= 0.3 is 12.5 Å². The number of fused-ring (bicyclic) bond motifs is 1. The number of alkyl halides is 2. The van der Waals surface area contributed by atoms with Gasteiger partial charge in [0.25, 0.3) is 0 Å². The second kappa shape index (κ2) is 6.90. The number of ether oxygens (including phenoxy) is 1. The Morgan fingerprint density at radius 2 is 1.88 bits per heavy atom. The molecule has 0 N–H and O–H groups in total. The van der Waals surface area contributed by atoms with Gasteiger partial charge < -0.3 is 9.30 Å². The molecule has 0 aliphatic heterocycles. The normalized spacial score (nSPS) is 11.7. The van der Waals surface area contributed by atoms with E-state index in [2.05, 4.69) is 4.98 Å². The third-order valence-electron chi connectivity index (χ3n) is 4.42. The zero-order chi connectivity index (χ0) is 19.0. The molecule has 0 bridgehead atoms. The summed E-state index contributed by atoms with van der Waals surface area (Å²) in [5.74, 6) is -0.523. The molecule has 0 amide bonds. The van der Waals surface area contributed by atoms with Crippen molar-refractivity contribution in [3.8, 4) is 0 Å². The van der Waals surface area contributed by atoms with Crippen LogP contribution in [0.25, 0.3) is 11.0 Å². The third kappa shape index (κ3) is 3.09. The lowest BCUT2D eigenvalue weighted by Crippen LogP contribution is -2.12. The van der Waals surface area contributed by atoms with E-state index in [-0.39, 0.29) is 18.5 Å². The average Bonchev–Trinajstić information content (AvgIpc) is 3.09. The zero-order valence-corrected chi connectivity index (χ0v) is 15.2. The van der Waals surface area contributed by atoms with Crippen molar-refractivity contribution in [1.82, 2.24) is 14.1 Å². The summed E-state index contributed by atoms with van der Waals surface area (Å²) >= 11 is 0. The minimum absolute atomic E-state index is 0.0206. The SMILES string of the molecule is Cc1cc(C(=O)OCc2nc3ccccc3n2C(F)F)c(C)n1C(C)C. The molecule has 2 heterocycles.